The van der Waals surface area contributed by atoms with Gasteiger partial charge in [-0.3, -0.25) is 0 Å². The Bertz CT molecular complexity index is 490. The highest BCUT2D eigenvalue weighted by atomic mass is 32.2. The third kappa shape index (κ3) is 3.98. The van der Waals surface area contributed by atoms with Crippen LogP contribution in [0.5, 0.6) is 5.75 Å². The normalized spacial score (nSPS) is 10.5. The third-order valence-corrected chi connectivity index (χ3v) is 3.82. The van der Waals surface area contributed by atoms with Gasteiger partial charge in [0.2, 0.25) is 0 Å². The van der Waals surface area contributed by atoms with Gasteiger partial charge in [0.25, 0.3) is 0 Å². The lowest BCUT2D eigenvalue weighted by atomic mass is 10.3. The Morgan fingerprint density at radius 1 is 1.41 bits per heavy atom. The van der Waals surface area contributed by atoms with Crippen LogP contribution in [0.1, 0.15) is 5.01 Å². The van der Waals surface area contributed by atoms with E-state index in [-0.39, 0.29) is 5.82 Å². The molecular formula is C11H11FN2OS2. The van der Waals surface area contributed by atoms with Gasteiger partial charge in [-0.05, 0) is 19.1 Å². The zero-order chi connectivity index (χ0) is 12.1. The number of benzene rings is 1. The van der Waals surface area contributed by atoms with Gasteiger partial charge in [0.15, 0.2) is 4.34 Å². The Kier molecular flexibility index (Phi) is 4.33. The van der Waals surface area contributed by atoms with Gasteiger partial charge in [-0.2, -0.15) is 0 Å². The lowest BCUT2D eigenvalue weighted by Crippen LogP contribution is -2.00. The molecule has 17 heavy (non-hydrogen) atoms. The summed E-state index contributed by atoms with van der Waals surface area (Å²) in [5.74, 6) is 1.04. The van der Waals surface area contributed by atoms with E-state index in [1.807, 2.05) is 6.92 Å². The van der Waals surface area contributed by atoms with E-state index in [0.29, 0.717) is 12.4 Å². The van der Waals surface area contributed by atoms with Gasteiger partial charge in [-0.15, -0.1) is 10.2 Å². The summed E-state index contributed by atoms with van der Waals surface area (Å²) in [7, 11) is 0. The summed E-state index contributed by atoms with van der Waals surface area (Å²) >= 11 is 3.15. The Labute approximate surface area is 107 Å². The van der Waals surface area contributed by atoms with E-state index < -0.39 is 0 Å². The van der Waals surface area contributed by atoms with Crippen LogP contribution in [0.25, 0.3) is 0 Å². The van der Waals surface area contributed by atoms with Crippen LogP contribution in [-0.4, -0.2) is 22.6 Å². The highest BCUT2D eigenvalue weighted by Gasteiger charge is 2.01. The molecule has 1 aromatic carbocycles. The number of nitrogens with zero attached hydrogens (tertiary/aromatic N) is 2. The van der Waals surface area contributed by atoms with E-state index in [1.165, 1.54) is 12.1 Å². The van der Waals surface area contributed by atoms with Crippen LogP contribution in [0, 0.1) is 12.7 Å². The second kappa shape index (κ2) is 5.97. The molecule has 0 N–H and O–H groups in total. The zero-order valence-corrected chi connectivity index (χ0v) is 10.9. The van der Waals surface area contributed by atoms with Crippen LogP contribution >= 0.6 is 23.1 Å². The van der Waals surface area contributed by atoms with E-state index >= 15 is 0 Å². The molecule has 2 aromatic rings. The summed E-state index contributed by atoms with van der Waals surface area (Å²) in [5, 5.41) is 8.87. The maximum atomic E-state index is 12.8. The molecular weight excluding hydrogens is 259 g/mol. The maximum absolute atomic E-state index is 12.8. The highest BCUT2D eigenvalue weighted by Crippen LogP contribution is 2.21. The molecule has 1 aromatic heterocycles. The summed E-state index contributed by atoms with van der Waals surface area (Å²) in [6, 6.07) is 6.14. The van der Waals surface area contributed by atoms with Crippen molar-refractivity contribution in [2.24, 2.45) is 0 Å². The summed E-state index contributed by atoms with van der Waals surface area (Å²) < 4.78 is 19.2. The molecule has 0 aliphatic rings. The third-order valence-electron chi connectivity index (χ3n) is 1.88. The average molecular weight is 270 g/mol. The fourth-order valence-corrected chi connectivity index (χ4v) is 2.89. The van der Waals surface area contributed by atoms with Gasteiger partial charge in [0.1, 0.15) is 16.6 Å². The molecule has 0 bridgehead atoms. The summed E-state index contributed by atoms with van der Waals surface area (Å²) in [6.45, 7) is 2.44. The molecule has 0 fully saturated rings. The van der Waals surface area contributed by atoms with Crippen LogP contribution in [0.15, 0.2) is 28.6 Å². The number of aromatic nitrogens is 2. The minimum absolute atomic E-state index is 0.282. The number of hydrogen-bond acceptors (Lipinski definition) is 5. The van der Waals surface area contributed by atoms with Crippen molar-refractivity contribution in [3.63, 3.8) is 0 Å². The molecule has 0 unspecified atom stereocenters. The van der Waals surface area contributed by atoms with E-state index in [2.05, 4.69) is 10.2 Å². The van der Waals surface area contributed by atoms with Gasteiger partial charge < -0.3 is 4.74 Å². The summed E-state index contributed by atoms with van der Waals surface area (Å²) in [4.78, 5) is 0. The predicted octanol–water partition coefficient (Wildman–Crippen LogP) is 3.16. The van der Waals surface area contributed by atoms with Crippen molar-refractivity contribution in [2.75, 3.05) is 12.4 Å². The lowest BCUT2D eigenvalue weighted by molar-refractivity contribution is 0.342. The van der Waals surface area contributed by atoms with Gasteiger partial charge in [-0.25, -0.2) is 4.39 Å². The number of halogens is 1. The Balaban J connectivity index is 1.73. The second-order valence-corrected chi connectivity index (χ2v) is 5.76. The standard InChI is InChI=1S/C11H11FN2OS2/c1-8-13-14-11(17-8)16-6-5-15-10-4-2-3-9(12)7-10/h2-4,7H,5-6H2,1H3. The molecule has 90 valence electrons. The largest absolute Gasteiger partial charge is 0.493 e. The van der Waals surface area contributed by atoms with Crippen LogP contribution < -0.4 is 4.74 Å². The molecule has 0 aliphatic heterocycles. The Hall–Kier alpha value is -1.14. The minimum atomic E-state index is -0.282. The number of ether oxygens (including phenoxy) is 1. The van der Waals surface area contributed by atoms with Gasteiger partial charge in [0, 0.05) is 11.8 Å². The molecule has 0 saturated heterocycles. The molecule has 3 nitrogen and oxygen atoms in total. The van der Waals surface area contributed by atoms with Crippen molar-refractivity contribution >= 4 is 23.1 Å². The van der Waals surface area contributed by atoms with Crippen molar-refractivity contribution in [1.82, 2.24) is 10.2 Å². The van der Waals surface area contributed by atoms with E-state index in [9.17, 15) is 4.39 Å². The van der Waals surface area contributed by atoms with Gasteiger partial charge in [-0.1, -0.05) is 29.2 Å². The molecule has 0 aliphatic carbocycles. The van der Waals surface area contributed by atoms with Crippen LogP contribution in [0.3, 0.4) is 0 Å². The maximum Gasteiger partial charge on any atom is 0.174 e. The van der Waals surface area contributed by atoms with Crippen molar-refractivity contribution in [2.45, 2.75) is 11.3 Å². The Morgan fingerprint density at radius 3 is 3.00 bits per heavy atom. The first kappa shape index (κ1) is 12.3. The van der Waals surface area contributed by atoms with E-state index in [4.69, 9.17) is 4.74 Å². The van der Waals surface area contributed by atoms with E-state index in [0.717, 1.165) is 15.1 Å². The van der Waals surface area contributed by atoms with Crippen LogP contribution in [0.4, 0.5) is 4.39 Å². The number of rotatable bonds is 5. The van der Waals surface area contributed by atoms with Gasteiger partial charge >= 0.3 is 0 Å². The highest BCUT2D eigenvalue weighted by molar-refractivity contribution is 8.01. The SMILES string of the molecule is Cc1nnc(SCCOc2cccc(F)c2)s1. The summed E-state index contributed by atoms with van der Waals surface area (Å²) in [6.07, 6.45) is 0. The number of hydrogen-bond donors (Lipinski definition) is 0. The van der Waals surface area contributed by atoms with Crippen molar-refractivity contribution < 1.29 is 9.13 Å². The second-order valence-electron chi connectivity index (χ2n) is 3.24. The lowest BCUT2D eigenvalue weighted by Gasteiger charge is -2.04. The molecule has 0 spiro atoms. The van der Waals surface area contributed by atoms with Crippen molar-refractivity contribution in [1.29, 1.82) is 0 Å². The van der Waals surface area contributed by atoms with Crippen molar-refractivity contribution in [3.8, 4) is 5.75 Å². The smallest absolute Gasteiger partial charge is 0.174 e. The molecule has 0 atom stereocenters. The number of aryl methyl sites for hydroxylation is 1. The quantitative estimate of drug-likeness (QED) is 0.617. The number of thioether (sulfide) groups is 1. The topological polar surface area (TPSA) is 35.0 Å². The van der Waals surface area contributed by atoms with Crippen LogP contribution in [-0.2, 0) is 0 Å². The average Bonchev–Trinajstić information content (AvgIpc) is 2.71. The molecule has 6 heteroatoms. The monoisotopic (exact) mass is 270 g/mol. The van der Waals surface area contributed by atoms with Gasteiger partial charge in [0.05, 0.1) is 6.61 Å². The molecule has 0 amide bonds. The predicted molar refractivity (Wildman–Crippen MR) is 67.3 cm³/mol. The van der Waals surface area contributed by atoms with E-state index in [1.54, 1.807) is 35.2 Å². The first-order valence-corrected chi connectivity index (χ1v) is 6.85. The first-order valence-electron chi connectivity index (χ1n) is 5.05. The summed E-state index contributed by atoms with van der Waals surface area (Å²) in [5.41, 5.74) is 0. The zero-order valence-electron chi connectivity index (χ0n) is 9.22. The molecule has 0 saturated carbocycles. The van der Waals surface area contributed by atoms with Crippen molar-refractivity contribution in [3.05, 3.63) is 35.1 Å². The molecule has 2 rings (SSSR count). The molecule has 0 radical (unpaired) electrons. The Morgan fingerprint density at radius 2 is 2.29 bits per heavy atom. The van der Waals surface area contributed by atoms with Crippen LogP contribution in [0.2, 0.25) is 0 Å². The minimum Gasteiger partial charge on any atom is -0.493 e. The fraction of sp³-hybridized carbons (Fsp3) is 0.273. The molecule has 1 heterocycles. The first-order chi connectivity index (χ1) is 8.24. The fourth-order valence-electron chi connectivity index (χ4n) is 1.18.